The molecule has 0 radical (unpaired) electrons. The van der Waals surface area contributed by atoms with Gasteiger partial charge in [0.25, 0.3) is 0 Å². The summed E-state index contributed by atoms with van der Waals surface area (Å²) in [5.74, 6) is 0. The second-order valence-electron chi connectivity index (χ2n) is 6.93. The third-order valence-electron chi connectivity index (χ3n) is 3.29. The van der Waals surface area contributed by atoms with Crippen molar-refractivity contribution >= 4 is 17.5 Å². The monoisotopic (exact) mass is 306 g/mol. The summed E-state index contributed by atoms with van der Waals surface area (Å²) in [6.07, 6.45) is 2.99. The molecule has 6 nitrogen and oxygen atoms in total. The maximum atomic E-state index is 11.8. The molecule has 2 atom stereocenters. The van der Waals surface area contributed by atoms with E-state index in [0.717, 1.165) is 18.8 Å². The molecule has 0 aromatic carbocycles. The lowest BCUT2D eigenvalue weighted by Crippen LogP contribution is -2.54. The van der Waals surface area contributed by atoms with Crippen LogP contribution in [0.25, 0.3) is 0 Å². The van der Waals surface area contributed by atoms with Crippen molar-refractivity contribution in [3.8, 4) is 0 Å². The van der Waals surface area contributed by atoms with E-state index >= 15 is 0 Å². The smallest absolute Gasteiger partial charge is 0.412 e. The van der Waals surface area contributed by atoms with Crippen molar-refractivity contribution < 1.29 is 9.53 Å². The zero-order valence-electron chi connectivity index (χ0n) is 14.0. The number of ether oxygens (including phenoxy) is 1. The standard InChI is InChI=1S/C16H26N4O2/c1-11-9-20(10-12(2)18-11)14-6-13(7-17-8-14)19-15(21)22-16(3,4)5/h6-8,11-12,18H,9-10H2,1-5H3,(H,19,21)/t11-,12+. The minimum absolute atomic E-state index is 0.422. The van der Waals surface area contributed by atoms with E-state index in [-0.39, 0.29) is 0 Å². The average molecular weight is 306 g/mol. The molecule has 2 heterocycles. The van der Waals surface area contributed by atoms with E-state index in [9.17, 15) is 4.79 Å². The van der Waals surface area contributed by atoms with Crippen LogP contribution < -0.4 is 15.5 Å². The van der Waals surface area contributed by atoms with E-state index in [1.54, 1.807) is 6.20 Å². The van der Waals surface area contributed by atoms with Crippen molar-refractivity contribution in [2.45, 2.75) is 52.3 Å². The number of piperazine rings is 1. The molecule has 1 aliphatic rings. The Morgan fingerprint density at radius 3 is 2.55 bits per heavy atom. The van der Waals surface area contributed by atoms with Crippen LogP contribution in [0.1, 0.15) is 34.6 Å². The van der Waals surface area contributed by atoms with Crippen LogP contribution in [0.3, 0.4) is 0 Å². The van der Waals surface area contributed by atoms with Crippen LogP contribution in [0.5, 0.6) is 0 Å². The molecule has 6 heteroatoms. The lowest BCUT2D eigenvalue weighted by Gasteiger charge is -2.37. The Balaban J connectivity index is 2.05. The predicted octanol–water partition coefficient (Wildman–Crippen LogP) is 2.62. The molecule has 1 aromatic rings. The largest absolute Gasteiger partial charge is 0.444 e. The first-order valence-corrected chi connectivity index (χ1v) is 7.69. The summed E-state index contributed by atoms with van der Waals surface area (Å²) < 4.78 is 5.26. The SMILES string of the molecule is C[C@@H]1CN(c2cncc(NC(=O)OC(C)(C)C)c2)C[C@H](C)N1. The van der Waals surface area contributed by atoms with Gasteiger partial charge in [0.05, 0.1) is 23.8 Å². The number of nitrogens with one attached hydrogen (secondary N) is 2. The van der Waals surface area contributed by atoms with Gasteiger partial charge in [-0.1, -0.05) is 0 Å². The number of amides is 1. The van der Waals surface area contributed by atoms with Gasteiger partial charge in [0.15, 0.2) is 0 Å². The molecule has 1 amide bonds. The van der Waals surface area contributed by atoms with Gasteiger partial charge in [-0.15, -0.1) is 0 Å². The quantitative estimate of drug-likeness (QED) is 0.879. The van der Waals surface area contributed by atoms with Crippen molar-refractivity contribution in [1.82, 2.24) is 10.3 Å². The molecule has 2 N–H and O–H groups in total. The summed E-state index contributed by atoms with van der Waals surface area (Å²) in [5, 5.41) is 6.23. The second kappa shape index (κ2) is 6.52. The summed E-state index contributed by atoms with van der Waals surface area (Å²) >= 11 is 0. The molecule has 0 unspecified atom stereocenters. The average Bonchev–Trinajstić information content (AvgIpc) is 2.35. The zero-order chi connectivity index (χ0) is 16.3. The molecule has 0 spiro atoms. The van der Waals surface area contributed by atoms with Crippen LogP contribution >= 0.6 is 0 Å². The maximum Gasteiger partial charge on any atom is 0.412 e. The van der Waals surface area contributed by atoms with Gasteiger partial charge in [-0.05, 0) is 40.7 Å². The highest BCUT2D eigenvalue weighted by Gasteiger charge is 2.22. The number of rotatable bonds is 2. The molecule has 1 aliphatic heterocycles. The third kappa shape index (κ3) is 4.87. The lowest BCUT2D eigenvalue weighted by atomic mass is 10.1. The van der Waals surface area contributed by atoms with Gasteiger partial charge < -0.3 is 15.0 Å². The van der Waals surface area contributed by atoms with Crippen LogP contribution in [-0.4, -0.2) is 41.9 Å². The van der Waals surface area contributed by atoms with Gasteiger partial charge in [-0.25, -0.2) is 4.79 Å². The zero-order valence-corrected chi connectivity index (χ0v) is 14.0. The van der Waals surface area contributed by atoms with Crippen LogP contribution in [0.4, 0.5) is 16.2 Å². The summed E-state index contributed by atoms with van der Waals surface area (Å²) in [4.78, 5) is 18.3. The normalized spacial score (nSPS) is 22.3. The first-order chi connectivity index (χ1) is 10.2. The Morgan fingerprint density at radius 2 is 1.95 bits per heavy atom. The Hall–Kier alpha value is -1.82. The molecule has 0 saturated carbocycles. The number of carbonyl (C=O) groups is 1. The van der Waals surface area contributed by atoms with Crippen LogP contribution in [0.2, 0.25) is 0 Å². The lowest BCUT2D eigenvalue weighted by molar-refractivity contribution is 0.0636. The van der Waals surface area contributed by atoms with Gasteiger partial charge in [-0.3, -0.25) is 10.3 Å². The Labute approximate surface area is 132 Å². The van der Waals surface area contributed by atoms with Gasteiger partial charge in [0, 0.05) is 25.2 Å². The van der Waals surface area contributed by atoms with Gasteiger partial charge in [0.1, 0.15) is 5.60 Å². The number of nitrogens with zero attached hydrogens (tertiary/aromatic N) is 2. The fourth-order valence-corrected chi connectivity index (χ4v) is 2.63. The fourth-order valence-electron chi connectivity index (χ4n) is 2.63. The minimum Gasteiger partial charge on any atom is -0.444 e. The van der Waals surface area contributed by atoms with Crippen molar-refractivity contribution in [2.75, 3.05) is 23.3 Å². The van der Waals surface area contributed by atoms with E-state index in [4.69, 9.17) is 4.74 Å². The summed E-state index contributed by atoms with van der Waals surface area (Å²) in [5.41, 5.74) is 1.14. The first kappa shape index (κ1) is 16.5. The fraction of sp³-hybridized carbons (Fsp3) is 0.625. The summed E-state index contributed by atoms with van der Waals surface area (Å²) in [7, 11) is 0. The van der Waals surface area contributed by atoms with Gasteiger partial charge in [0.2, 0.25) is 0 Å². The molecule has 0 bridgehead atoms. The molecule has 22 heavy (non-hydrogen) atoms. The maximum absolute atomic E-state index is 11.8. The number of aromatic nitrogens is 1. The Bertz CT molecular complexity index is 517. The van der Waals surface area contributed by atoms with Crippen LogP contribution in [-0.2, 0) is 4.74 Å². The Morgan fingerprint density at radius 1 is 1.32 bits per heavy atom. The van der Waals surface area contributed by atoms with Crippen molar-refractivity contribution in [3.63, 3.8) is 0 Å². The Kier molecular flexibility index (Phi) is 4.90. The van der Waals surface area contributed by atoms with E-state index in [0.29, 0.717) is 17.8 Å². The highest BCUT2D eigenvalue weighted by atomic mass is 16.6. The topological polar surface area (TPSA) is 66.5 Å². The highest BCUT2D eigenvalue weighted by Crippen LogP contribution is 2.21. The van der Waals surface area contributed by atoms with Crippen molar-refractivity contribution in [1.29, 1.82) is 0 Å². The van der Waals surface area contributed by atoms with Gasteiger partial charge >= 0.3 is 6.09 Å². The number of hydrogen-bond acceptors (Lipinski definition) is 5. The minimum atomic E-state index is -0.515. The van der Waals surface area contributed by atoms with Crippen molar-refractivity contribution in [2.24, 2.45) is 0 Å². The molecular weight excluding hydrogens is 280 g/mol. The van der Waals surface area contributed by atoms with E-state index in [1.165, 1.54) is 0 Å². The summed E-state index contributed by atoms with van der Waals surface area (Å²) in [6.45, 7) is 11.7. The summed E-state index contributed by atoms with van der Waals surface area (Å²) in [6, 6.07) is 2.78. The molecule has 1 saturated heterocycles. The number of anilines is 2. The molecule has 1 fully saturated rings. The molecule has 0 aliphatic carbocycles. The van der Waals surface area contributed by atoms with Gasteiger partial charge in [-0.2, -0.15) is 0 Å². The van der Waals surface area contributed by atoms with E-state index in [2.05, 4.69) is 34.4 Å². The van der Waals surface area contributed by atoms with Crippen molar-refractivity contribution in [3.05, 3.63) is 18.5 Å². The van der Waals surface area contributed by atoms with Crippen LogP contribution in [0, 0.1) is 0 Å². The second-order valence-corrected chi connectivity index (χ2v) is 6.93. The molecule has 1 aromatic heterocycles. The van der Waals surface area contributed by atoms with Crippen LogP contribution in [0.15, 0.2) is 18.5 Å². The van der Waals surface area contributed by atoms with E-state index < -0.39 is 11.7 Å². The third-order valence-corrected chi connectivity index (χ3v) is 3.29. The first-order valence-electron chi connectivity index (χ1n) is 7.69. The highest BCUT2D eigenvalue weighted by molar-refractivity contribution is 5.85. The molecular formula is C16H26N4O2. The molecule has 2 rings (SSSR count). The number of carbonyl (C=O) groups excluding carboxylic acids is 1. The van der Waals surface area contributed by atoms with E-state index in [1.807, 2.05) is 33.0 Å². The predicted molar refractivity (Wildman–Crippen MR) is 88.4 cm³/mol. The molecule has 122 valence electrons. The number of pyridine rings is 1. The number of hydrogen-bond donors (Lipinski definition) is 2.